The fourth-order valence-electron chi connectivity index (χ4n) is 2.50. The highest BCUT2D eigenvalue weighted by molar-refractivity contribution is 9.10. The minimum atomic E-state index is -0.250. The maximum atomic E-state index is 12.8. The number of hydrogen-bond acceptors (Lipinski definition) is 3. The van der Waals surface area contributed by atoms with E-state index in [4.69, 9.17) is 11.6 Å². The number of nitrogens with one attached hydrogen (secondary N) is 1. The molecule has 0 unspecified atom stereocenters. The van der Waals surface area contributed by atoms with Crippen LogP contribution in [-0.2, 0) is 6.54 Å². The Hall–Kier alpha value is -2.15. The van der Waals surface area contributed by atoms with Crippen LogP contribution in [0.4, 0.5) is 5.69 Å². The zero-order valence-corrected chi connectivity index (χ0v) is 17.6. The monoisotopic (exact) mass is 462 g/mol. The van der Waals surface area contributed by atoms with E-state index in [-0.39, 0.29) is 11.8 Å². The molecule has 1 heterocycles. The number of carbonyl (C=O) groups excluding carboxylic acids is 2. The summed E-state index contributed by atoms with van der Waals surface area (Å²) in [6.07, 6.45) is 0. The van der Waals surface area contributed by atoms with Crippen molar-refractivity contribution >= 4 is 56.4 Å². The van der Waals surface area contributed by atoms with Crippen LogP contribution in [-0.4, -0.2) is 23.8 Å². The molecule has 2 amide bonds. The molecular weight excluding hydrogens is 448 g/mol. The lowest BCUT2D eigenvalue weighted by molar-refractivity contribution is 0.0785. The first-order valence-electron chi connectivity index (χ1n) is 8.08. The van der Waals surface area contributed by atoms with Crippen molar-refractivity contribution in [1.82, 2.24) is 4.90 Å². The summed E-state index contributed by atoms with van der Waals surface area (Å²) in [5.41, 5.74) is 1.90. The van der Waals surface area contributed by atoms with Crippen molar-refractivity contribution in [2.45, 2.75) is 6.54 Å². The predicted octanol–water partition coefficient (Wildman–Crippen LogP) is 5.69. The number of halogens is 2. The number of benzene rings is 2. The Labute approximate surface area is 174 Å². The van der Waals surface area contributed by atoms with E-state index in [1.807, 2.05) is 29.6 Å². The fourth-order valence-corrected chi connectivity index (χ4v) is 3.55. The Bertz CT molecular complexity index is 959. The topological polar surface area (TPSA) is 49.4 Å². The highest BCUT2D eigenvalue weighted by Crippen LogP contribution is 2.25. The van der Waals surface area contributed by atoms with Crippen LogP contribution >= 0.6 is 38.9 Å². The third kappa shape index (κ3) is 4.97. The Kier molecular flexibility index (Phi) is 6.31. The van der Waals surface area contributed by atoms with E-state index in [1.54, 1.807) is 42.3 Å². The standard InChI is InChI=1S/C20H16BrClN2O2S/c1-24(12-13-4-7-15(21)8-5-13)20(26)14-6-9-16(22)17(11-14)23-19(25)18-3-2-10-27-18/h2-11H,12H2,1H3,(H,23,25). The van der Waals surface area contributed by atoms with Crippen LogP contribution in [0.5, 0.6) is 0 Å². The summed E-state index contributed by atoms with van der Waals surface area (Å²) >= 11 is 10.9. The third-order valence-electron chi connectivity index (χ3n) is 3.89. The van der Waals surface area contributed by atoms with Crippen molar-refractivity contribution in [3.05, 3.63) is 85.5 Å². The van der Waals surface area contributed by atoms with Gasteiger partial charge in [0.1, 0.15) is 0 Å². The van der Waals surface area contributed by atoms with Crippen LogP contribution in [0.2, 0.25) is 5.02 Å². The van der Waals surface area contributed by atoms with Gasteiger partial charge in [-0.25, -0.2) is 0 Å². The molecule has 0 aliphatic heterocycles. The number of anilines is 1. The van der Waals surface area contributed by atoms with Crippen molar-refractivity contribution in [3.63, 3.8) is 0 Å². The predicted molar refractivity (Wildman–Crippen MR) is 114 cm³/mol. The van der Waals surface area contributed by atoms with Crippen LogP contribution in [0.1, 0.15) is 25.6 Å². The van der Waals surface area contributed by atoms with Gasteiger partial charge in [-0.1, -0.05) is 45.7 Å². The van der Waals surface area contributed by atoms with Gasteiger partial charge >= 0.3 is 0 Å². The normalized spacial score (nSPS) is 10.5. The highest BCUT2D eigenvalue weighted by atomic mass is 79.9. The summed E-state index contributed by atoms with van der Waals surface area (Å²) in [7, 11) is 1.74. The van der Waals surface area contributed by atoms with Gasteiger partial charge in [-0.05, 0) is 47.3 Å². The summed E-state index contributed by atoms with van der Waals surface area (Å²) in [5.74, 6) is -0.402. The molecule has 0 saturated heterocycles. The van der Waals surface area contributed by atoms with E-state index in [0.29, 0.717) is 27.7 Å². The zero-order valence-electron chi connectivity index (χ0n) is 14.4. The second-order valence-corrected chi connectivity index (χ2v) is 8.18. The lowest BCUT2D eigenvalue weighted by Crippen LogP contribution is -2.26. The van der Waals surface area contributed by atoms with Crippen LogP contribution in [0.15, 0.2) is 64.5 Å². The van der Waals surface area contributed by atoms with Crippen LogP contribution in [0.3, 0.4) is 0 Å². The first-order valence-corrected chi connectivity index (χ1v) is 10.1. The van der Waals surface area contributed by atoms with Crippen molar-refractivity contribution in [1.29, 1.82) is 0 Å². The minimum absolute atomic E-state index is 0.152. The van der Waals surface area contributed by atoms with Gasteiger partial charge in [-0.15, -0.1) is 11.3 Å². The van der Waals surface area contributed by atoms with Gasteiger partial charge < -0.3 is 10.2 Å². The zero-order chi connectivity index (χ0) is 19.4. The summed E-state index contributed by atoms with van der Waals surface area (Å²) in [4.78, 5) is 27.2. The molecule has 4 nitrogen and oxygen atoms in total. The molecule has 0 aliphatic rings. The van der Waals surface area contributed by atoms with Crippen molar-refractivity contribution < 1.29 is 9.59 Å². The summed E-state index contributed by atoms with van der Waals surface area (Å²) < 4.78 is 0.990. The number of hydrogen-bond donors (Lipinski definition) is 1. The molecule has 0 radical (unpaired) electrons. The van der Waals surface area contributed by atoms with Gasteiger partial charge in [0.05, 0.1) is 15.6 Å². The summed E-state index contributed by atoms with van der Waals surface area (Å²) in [6.45, 7) is 0.478. The maximum absolute atomic E-state index is 12.8. The molecule has 1 N–H and O–H groups in total. The molecule has 138 valence electrons. The number of carbonyl (C=O) groups is 2. The van der Waals surface area contributed by atoms with Gasteiger partial charge in [0, 0.05) is 23.6 Å². The molecule has 0 bridgehead atoms. The highest BCUT2D eigenvalue weighted by Gasteiger charge is 2.16. The molecular formula is C20H16BrClN2O2S. The van der Waals surface area contributed by atoms with Crippen LogP contribution in [0, 0.1) is 0 Å². The van der Waals surface area contributed by atoms with Gasteiger partial charge in [-0.3, -0.25) is 9.59 Å². The van der Waals surface area contributed by atoms with E-state index >= 15 is 0 Å². The lowest BCUT2D eigenvalue weighted by atomic mass is 10.1. The molecule has 3 aromatic rings. The molecule has 0 atom stereocenters. The van der Waals surface area contributed by atoms with Crippen molar-refractivity contribution in [2.24, 2.45) is 0 Å². The van der Waals surface area contributed by atoms with Crippen molar-refractivity contribution in [2.75, 3.05) is 12.4 Å². The number of amides is 2. The number of nitrogens with zero attached hydrogens (tertiary/aromatic N) is 1. The largest absolute Gasteiger partial charge is 0.337 e. The Morgan fingerprint density at radius 1 is 1.15 bits per heavy atom. The summed E-state index contributed by atoms with van der Waals surface area (Å²) in [5, 5.41) is 4.97. The van der Waals surface area contributed by atoms with E-state index in [1.165, 1.54) is 11.3 Å². The molecule has 0 aliphatic carbocycles. The molecule has 0 saturated carbocycles. The van der Waals surface area contributed by atoms with Crippen LogP contribution < -0.4 is 5.32 Å². The van der Waals surface area contributed by atoms with E-state index in [0.717, 1.165) is 10.0 Å². The quantitative estimate of drug-likeness (QED) is 0.528. The second-order valence-electron chi connectivity index (χ2n) is 5.91. The minimum Gasteiger partial charge on any atom is -0.337 e. The molecule has 7 heteroatoms. The summed E-state index contributed by atoms with van der Waals surface area (Å²) in [6, 6.07) is 16.2. The molecule has 3 rings (SSSR count). The van der Waals surface area contributed by atoms with E-state index in [9.17, 15) is 9.59 Å². The number of thiophene rings is 1. The number of rotatable bonds is 5. The van der Waals surface area contributed by atoms with Gasteiger partial charge in [0.15, 0.2) is 0 Å². The molecule has 2 aromatic carbocycles. The lowest BCUT2D eigenvalue weighted by Gasteiger charge is -2.18. The molecule has 0 spiro atoms. The maximum Gasteiger partial charge on any atom is 0.265 e. The van der Waals surface area contributed by atoms with Gasteiger partial charge in [0.2, 0.25) is 0 Å². The Morgan fingerprint density at radius 3 is 2.56 bits per heavy atom. The van der Waals surface area contributed by atoms with E-state index in [2.05, 4.69) is 21.2 Å². The average molecular weight is 464 g/mol. The smallest absolute Gasteiger partial charge is 0.265 e. The molecule has 27 heavy (non-hydrogen) atoms. The average Bonchev–Trinajstić information content (AvgIpc) is 3.19. The third-order valence-corrected chi connectivity index (χ3v) is 5.61. The Balaban J connectivity index is 1.74. The SMILES string of the molecule is CN(Cc1ccc(Br)cc1)C(=O)c1ccc(Cl)c(NC(=O)c2cccs2)c1. The van der Waals surface area contributed by atoms with Gasteiger partial charge in [-0.2, -0.15) is 0 Å². The second kappa shape index (κ2) is 8.69. The van der Waals surface area contributed by atoms with Crippen LogP contribution in [0.25, 0.3) is 0 Å². The van der Waals surface area contributed by atoms with Gasteiger partial charge in [0.25, 0.3) is 11.8 Å². The van der Waals surface area contributed by atoms with Crippen molar-refractivity contribution in [3.8, 4) is 0 Å². The van der Waals surface area contributed by atoms with E-state index < -0.39 is 0 Å². The first kappa shape index (κ1) is 19.6. The fraction of sp³-hybridized carbons (Fsp3) is 0.100. The first-order chi connectivity index (χ1) is 12.9. The Morgan fingerprint density at radius 2 is 1.89 bits per heavy atom. The molecule has 1 aromatic heterocycles. The molecule has 0 fully saturated rings.